The molecule has 0 unspecified atom stereocenters. The van der Waals surface area contributed by atoms with Gasteiger partial charge in [0.2, 0.25) is 0 Å². The van der Waals surface area contributed by atoms with Crippen molar-refractivity contribution in [2.45, 2.75) is 27.2 Å². The molecular formula is C12H17N. The molecule has 0 amide bonds. The van der Waals surface area contributed by atoms with E-state index in [0.29, 0.717) is 0 Å². The van der Waals surface area contributed by atoms with E-state index in [0.717, 1.165) is 6.42 Å². The lowest BCUT2D eigenvalue weighted by atomic mass is 10.1. The third kappa shape index (κ3) is 1.74. The lowest BCUT2D eigenvalue weighted by Crippen LogP contribution is -1.81. The van der Waals surface area contributed by atoms with E-state index >= 15 is 0 Å². The van der Waals surface area contributed by atoms with Crippen LogP contribution in [0.5, 0.6) is 0 Å². The zero-order chi connectivity index (χ0) is 9.84. The summed E-state index contributed by atoms with van der Waals surface area (Å²) in [6, 6.07) is 0. The maximum atomic E-state index is 3.83. The van der Waals surface area contributed by atoms with Crippen molar-refractivity contribution in [2.24, 2.45) is 0 Å². The predicted octanol–water partition coefficient (Wildman–Crippen LogP) is 3.56. The molecule has 0 aliphatic heterocycles. The second-order valence-corrected chi connectivity index (χ2v) is 3.11. The van der Waals surface area contributed by atoms with E-state index in [-0.39, 0.29) is 0 Å². The molecule has 1 aromatic rings. The Morgan fingerprint density at radius 1 is 1.46 bits per heavy atom. The van der Waals surface area contributed by atoms with Crippen LogP contribution in [0.4, 0.5) is 0 Å². The van der Waals surface area contributed by atoms with Gasteiger partial charge in [-0.15, -0.1) is 0 Å². The van der Waals surface area contributed by atoms with E-state index in [4.69, 9.17) is 0 Å². The standard InChI is InChI=1S/C12H17N/c1-5-8-12-10(6-2)9(4)11(7-3)13-12/h5-6,8,13H,2,7H2,1,3-4H3/b8-5-. The normalized spacial score (nSPS) is 11.0. The Kier molecular flexibility index (Phi) is 3.13. The molecule has 0 aliphatic carbocycles. The van der Waals surface area contributed by atoms with Crippen molar-refractivity contribution in [3.8, 4) is 0 Å². The van der Waals surface area contributed by atoms with Crippen molar-refractivity contribution in [3.05, 3.63) is 35.2 Å². The first kappa shape index (κ1) is 9.85. The van der Waals surface area contributed by atoms with Crippen LogP contribution in [0.25, 0.3) is 12.2 Å². The maximum Gasteiger partial charge on any atom is 0.0455 e. The van der Waals surface area contributed by atoms with E-state index in [2.05, 4.69) is 31.5 Å². The van der Waals surface area contributed by atoms with Crippen LogP contribution in [0.3, 0.4) is 0 Å². The number of hydrogen-bond acceptors (Lipinski definition) is 0. The van der Waals surface area contributed by atoms with Crippen molar-refractivity contribution in [2.75, 3.05) is 0 Å². The van der Waals surface area contributed by atoms with Crippen molar-refractivity contribution >= 4 is 12.2 Å². The molecule has 0 saturated carbocycles. The average Bonchev–Trinajstić information content (AvgIpc) is 2.43. The average molecular weight is 175 g/mol. The van der Waals surface area contributed by atoms with Gasteiger partial charge in [0.05, 0.1) is 0 Å². The predicted molar refractivity (Wildman–Crippen MR) is 59.7 cm³/mol. The van der Waals surface area contributed by atoms with Crippen LogP contribution in [0.1, 0.15) is 36.4 Å². The Bertz CT molecular complexity index is 329. The molecule has 13 heavy (non-hydrogen) atoms. The van der Waals surface area contributed by atoms with Gasteiger partial charge in [0.1, 0.15) is 0 Å². The summed E-state index contributed by atoms with van der Waals surface area (Å²) in [5.41, 5.74) is 5.04. The van der Waals surface area contributed by atoms with Crippen molar-refractivity contribution in [1.29, 1.82) is 0 Å². The van der Waals surface area contributed by atoms with Crippen LogP contribution in [-0.2, 0) is 6.42 Å². The number of aryl methyl sites for hydroxylation is 1. The molecule has 0 aliphatic rings. The molecule has 1 nitrogen and oxygen atoms in total. The monoisotopic (exact) mass is 175 g/mol. The molecule has 70 valence electrons. The van der Waals surface area contributed by atoms with Crippen molar-refractivity contribution in [3.63, 3.8) is 0 Å². The second-order valence-electron chi connectivity index (χ2n) is 3.11. The van der Waals surface area contributed by atoms with Gasteiger partial charge in [-0.05, 0) is 31.9 Å². The lowest BCUT2D eigenvalue weighted by molar-refractivity contribution is 1.04. The van der Waals surface area contributed by atoms with Crippen molar-refractivity contribution in [1.82, 2.24) is 4.98 Å². The van der Waals surface area contributed by atoms with E-state index in [1.807, 2.05) is 19.1 Å². The highest BCUT2D eigenvalue weighted by atomic mass is 14.7. The van der Waals surface area contributed by atoms with Crippen LogP contribution in [0.15, 0.2) is 12.7 Å². The van der Waals surface area contributed by atoms with Gasteiger partial charge in [-0.2, -0.15) is 0 Å². The molecular weight excluding hydrogens is 158 g/mol. The summed E-state index contributed by atoms with van der Waals surface area (Å²) in [5, 5.41) is 0. The first-order chi connectivity index (χ1) is 6.24. The molecule has 0 aromatic carbocycles. The summed E-state index contributed by atoms with van der Waals surface area (Å²) < 4.78 is 0. The Hall–Kier alpha value is -1.24. The van der Waals surface area contributed by atoms with Gasteiger partial charge in [-0.3, -0.25) is 0 Å². The summed E-state index contributed by atoms with van der Waals surface area (Å²) in [6.45, 7) is 10.1. The molecule has 0 spiro atoms. The number of allylic oxidation sites excluding steroid dienone is 1. The number of H-pyrrole nitrogens is 1. The molecule has 1 aromatic heterocycles. The number of aromatic amines is 1. The minimum Gasteiger partial charge on any atom is -0.358 e. The Morgan fingerprint density at radius 3 is 2.62 bits per heavy atom. The maximum absolute atomic E-state index is 3.83. The molecule has 1 rings (SSSR count). The van der Waals surface area contributed by atoms with E-state index in [1.54, 1.807) is 0 Å². The van der Waals surface area contributed by atoms with Crippen LogP contribution in [0.2, 0.25) is 0 Å². The first-order valence-corrected chi connectivity index (χ1v) is 4.71. The quantitative estimate of drug-likeness (QED) is 0.723. The minimum absolute atomic E-state index is 1.05. The fourth-order valence-corrected chi connectivity index (χ4v) is 1.60. The van der Waals surface area contributed by atoms with Gasteiger partial charge in [0.15, 0.2) is 0 Å². The highest BCUT2D eigenvalue weighted by Crippen LogP contribution is 2.20. The van der Waals surface area contributed by atoms with E-state index in [1.165, 1.54) is 22.5 Å². The van der Waals surface area contributed by atoms with Crippen LogP contribution < -0.4 is 0 Å². The Balaban J connectivity index is 3.26. The molecule has 1 heterocycles. The number of rotatable bonds is 3. The van der Waals surface area contributed by atoms with E-state index < -0.39 is 0 Å². The van der Waals surface area contributed by atoms with Gasteiger partial charge in [-0.1, -0.05) is 25.7 Å². The summed E-state index contributed by atoms with van der Waals surface area (Å²) >= 11 is 0. The topological polar surface area (TPSA) is 15.8 Å². The number of aromatic nitrogens is 1. The SMILES string of the molecule is C=Cc1c(/C=C\C)[nH]c(CC)c1C. The minimum atomic E-state index is 1.05. The van der Waals surface area contributed by atoms with Gasteiger partial charge < -0.3 is 4.98 Å². The second kappa shape index (κ2) is 4.13. The summed E-state index contributed by atoms with van der Waals surface area (Å²) in [6.07, 6.45) is 7.09. The van der Waals surface area contributed by atoms with E-state index in [9.17, 15) is 0 Å². The van der Waals surface area contributed by atoms with Crippen LogP contribution in [-0.4, -0.2) is 4.98 Å². The highest BCUT2D eigenvalue weighted by Gasteiger charge is 2.07. The molecule has 0 atom stereocenters. The van der Waals surface area contributed by atoms with Gasteiger partial charge in [0, 0.05) is 17.0 Å². The molecule has 0 fully saturated rings. The summed E-state index contributed by atoms with van der Waals surface area (Å²) in [5.74, 6) is 0. The molecule has 0 bridgehead atoms. The van der Waals surface area contributed by atoms with Gasteiger partial charge in [-0.25, -0.2) is 0 Å². The zero-order valence-electron chi connectivity index (χ0n) is 8.65. The third-order valence-corrected chi connectivity index (χ3v) is 2.32. The van der Waals surface area contributed by atoms with Gasteiger partial charge >= 0.3 is 0 Å². The summed E-state index contributed by atoms with van der Waals surface area (Å²) in [7, 11) is 0. The summed E-state index contributed by atoms with van der Waals surface area (Å²) in [4.78, 5) is 3.39. The molecule has 0 radical (unpaired) electrons. The fourth-order valence-electron chi connectivity index (χ4n) is 1.60. The first-order valence-electron chi connectivity index (χ1n) is 4.71. The molecule has 0 saturated heterocycles. The highest BCUT2D eigenvalue weighted by molar-refractivity contribution is 5.66. The number of nitrogens with one attached hydrogen (secondary N) is 1. The molecule has 1 N–H and O–H groups in total. The number of hydrogen-bond donors (Lipinski definition) is 1. The fraction of sp³-hybridized carbons (Fsp3) is 0.333. The van der Waals surface area contributed by atoms with Crippen LogP contribution >= 0.6 is 0 Å². The smallest absolute Gasteiger partial charge is 0.0455 e. The van der Waals surface area contributed by atoms with Gasteiger partial charge in [0.25, 0.3) is 0 Å². The van der Waals surface area contributed by atoms with Crippen LogP contribution in [0, 0.1) is 6.92 Å². The Labute approximate surface area is 80.2 Å². The van der Waals surface area contributed by atoms with Crippen molar-refractivity contribution < 1.29 is 0 Å². The largest absolute Gasteiger partial charge is 0.358 e. The lowest BCUT2D eigenvalue weighted by Gasteiger charge is -1.93. The third-order valence-electron chi connectivity index (χ3n) is 2.32. The Morgan fingerprint density at radius 2 is 2.15 bits per heavy atom. The zero-order valence-corrected chi connectivity index (χ0v) is 8.65. The molecule has 1 heteroatoms.